The van der Waals surface area contributed by atoms with Gasteiger partial charge in [0, 0.05) is 15.8 Å². The molecule has 0 radical (unpaired) electrons. The molecule has 0 aliphatic heterocycles. The molecule has 8 heteroatoms. The summed E-state index contributed by atoms with van der Waals surface area (Å²) in [5, 5.41) is 0.825. The number of hydrogen-bond acceptors (Lipinski definition) is 6. The molecular weight excluding hydrogens is 500 g/mol. The van der Waals surface area contributed by atoms with Crippen LogP contribution in [0.2, 0.25) is 0 Å². The van der Waals surface area contributed by atoms with Gasteiger partial charge in [0.1, 0.15) is 23.7 Å². The smallest absolute Gasteiger partial charge is 0.322 e. The van der Waals surface area contributed by atoms with Crippen LogP contribution in [0, 0.1) is 0 Å². The second-order valence-electron chi connectivity index (χ2n) is 8.39. The lowest BCUT2D eigenvalue weighted by atomic mass is 9.95. The van der Waals surface area contributed by atoms with Crippen LogP contribution in [0.15, 0.2) is 106 Å². The van der Waals surface area contributed by atoms with E-state index in [1.165, 1.54) is 0 Å². The molecule has 3 N–H and O–H groups in total. The quantitative estimate of drug-likeness (QED) is 0.166. The molecule has 5 aromatic rings. The van der Waals surface area contributed by atoms with Gasteiger partial charge in [0.15, 0.2) is 5.76 Å². The fraction of sp³-hybridized carbons (Fsp3) is 0.0667. The number of nitrogens with two attached hydrogens (primary N) is 1. The van der Waals surface area contributed by atoms with Crippen molar-refractivity contribution in [2.75, 3.05) is 7.11 Å². The summed E-state index contributed by atoms with van der Waals surface area (Å²) in [5.41, 5.74) is 8.70. The number of amides is 2. The number of para-hydroxylation sites is 1. The largest absolute Gasteiger partial charge is 0.497 e. The Morgan fingerprint density at radius 3 is 2.50 bits per heavy atom. The SMILES string of the molecule is COc1cccc(COc2cccc(-c3cccc(SNC(N)=O)c3C(=O)c3cc4ccccc4o3)c2)c1. The lowest BCUT2D eigenvalue weighted by Gasteiger charge is -2.14. The maximum atomic E-state index is 13.8. The van der Waals surface area contributed by atoms with Crippen molar-refractivity contribution >= 4 is 34.7 Å². The van der Waals surface area contributed by atoms with Crippen LogP contribution in [0.25, 0.3) is 22.1 Å². The lowest BCUT2D eigenvalue weighted by Crippen LogP contribution is -2.23. The maximum Gasteiger partial charge on any atom is 0.322 e. The first-order valence-corrected chi connectivity index (χ1v) is 12.6. The van der Waals surface area contributed by atoms with Gasteiger partial charge in [-0.1, -0.05) is 54.6 Å². The van der Waals surface area contributed by atoms with E-state index in [9.17, 15) is 9.59 Å². The van der Waals surface area contributed by atoms with Gasteiger partial charge in [0.25, 0.3) is 0 Å². The Morgan fingerprint density at radius 2 is 1.68 bits per heavy atom. The van der Waals surface area contributed by atoms with E-state index < -0.39 is 6.03 Å². The van der Waals surface area contributed by atoms with E-state index in [1.807, 2.05) is 84.9 Å². The minimum Gasteiger partial charge on any atom is -0.497 e. The van der Waals surface area contributed by atoms with Gasteiger partial charge in [-0.25, -0.2) is 4.79 Å². The Hall–Kier alpha value is -4.69. The third-order valence-electron chi connectivity index (χ3n) is 5.85. The molecule has 38 heavy (non-hydrogen) atoms. The van der Waals surface area contributed by atoms with Crippen LogP contribution in [-0.4, -0.2) is 18.9 Å². The van der Waals surface area contributed by atoms with Crippen molar-refractivity contribution in [3.63, 3.8) is 0 Å². The molecule has 1 aromatic heterocycles. The highest BCUT2D eigenvalue weighted by molar-refractivity contribution is 7.98. The maximum absolute atomic E-state index is 13.8. The predicted molar refractivity (Wildman–Crippen MR) is 147 cm³/mol. The van der Waals surface area contributed by atoms with Crippen molar-refractivity contribution in [1.29, 1.82) is 0 Å². The number of rotatable bonds is 9. The Bertz CT molecular complexity index is 1600. The number of carbonyl (C=O) groups is 2. The Balaban J connectivity index is 1.51. The average Bonchev–Trinajstić information content (AvgIpc) is 3.39. The molecule has 0 fully saturated rings. The van der Waals surface area contributed by atoms with E-state index in [0.717, 1.165) is 34.2 Å². The molecular formula is C30H24N2O5S. The second kappa shape index (κ2) is 11.1. The predicted octanol–water partition coefficient (Wildman–Crippen LogP) is 6.59. The van der Waals surface area contributed by atoms with E-state index in [1.54, 1.807) is 19.2 Å². The summed E-state index contributed by atoms with van der Waals surface area (Å²) in [4.78, 5) is 25.8. The highest BCUT2D eigenvalue weighted by Gasteiger charge is 2.23. The Kier molecular flexibility index (Phi) is 7.33. The van der Waals surface area contributed by atoms with Gasteiger partial charge in [0.05, 0.1) is 7.11 Å². The van der Waals surface area contributed by atoms with Gasteiger partial charge in [-0.05, 0) is 71.1 Å². The van der Waals surface area contributed by atoms with Crippen LogP contribution in [0.4, 0.5) is 4.79 Å². The number of fused-ring (bicyclic) bond motifs is 1. The molecule has 7 nitrogen and oxygen atoms in total. The number of hydrogen-bond donors (Lipinski definition) is 2. The first-order chi connectivity index (χ1) is 18.5. The first-order valence-electron chi connectivity index (χ1n) is 11.8. The molecule has 2 amide bonds. The van der Waals surface area contributed by atoms with Crippen LogP contribution in [-0.2, 0) is 6.61 Å². The monoisotopic (exact) mass is 524 g/mol. The van der Waals surface area contributed by atoms with Crippen molar-refractivity contribution in [3.05, 3.63) is 114 Å². The fourth-order valence-corrected chi connectivity index (χ4v) is 4.76. The summed E-state index contributed by atoms with van der Waals surface area (Å²) >= 11 is 0.979. The normalized spacial score (nSPS) is 10.8. The second-order valence-corrected chi connectivity index (χ2v) is 9.24. The zero-order chi connectivity index (χ0) is 26.5. The molecule has 0 saturated carbocycles. The van der Waals surface area contributed by atoms with Gasteiger partial charge < -0.3 is 19.6 Å². The number of ketones is 1. The average molecular weight is 525 g/mol. The number of furan rings is 1. The summed E-state index contributed by atoms with van der Waals surface area (Å²) in [6, 6.07) is 29.0. The molecule has 0 aliphatic carbocycles. The van der Waals surface area contributed by atoms with Crippen molar-refractivity contribution in [3.8, 4) is 22.6 Å². The Labute approximate surface area is 223 Å². The number of benzene rings is 4. The van der Waals surface area contributed by atoms with Gasteiger partial charge in [-0.15, -0.1) is 0 Å². The summed E-state index contributed by atoms with van der Waals surface area (Å²) < 4.78 is 19.7. The summed E-state index contributed by atoms with van der Waals surface area (Å²) in [7, 11) is 1.62. The highest BCUT2D eigenvalue weighted by Crippen LogP contribution is 2.35. The van der Waals surface area contributed by atoms with E-state index in [0.29, 0.717) is 34.0 Å². The molecule has 0 atom stereocenters. The highest BCUT2D eigenvalue weighted by atomic mass is 32.2. The minimum atomic E-state index is -0.713. The van der Waals surface area contributed by atoms with Gasteiger partial charge in [0.2, 0.25) is 5.78 Å². The zero-order valence-electron chi connectivity index (χ0n) is 20.5. The molecule has 190 valence electrons. The van der Waals surface area contributed by atoms with Crippen molar-refractivity contribution in [2.24, 2.45) is 5.73 Å². The summed E-state index contributed by atoms with van der Waals surface area (Å²) in [6.07, 6.45) is 0. The third kappa shape index (κ3) is 5.50. The summed E-state index contributed by atoms with van der Waals surface area (Å²) in [6.45, 7) is 0.351. The standard InChI is InChI=1S/C30H24N2O5S/c1-35-22-10-4-7-19(15-22)18-36-23-11-5-9-20(16-23)24-12-6-14-27(38-32-30(31)34)28(24)29(33)26-17-21-8-2-3-13-25(21)37-26/h2-17H,18H2,1H3,(H3,31,32,34). The molecule has 1 heterocycles. The minimum absolute atomic E-state index is 0.199. The molecule has 0 saturated heterocycles. The molecule has 0 unspecified atom stereocenters. The van der Waals surface area contributed by atoms with Crippen molar-refractivity contribution in [1.82, 2.24) is 4.72 Å². The molecule has 0 aliphatic rings. The number of urea groups is 1. The van der Waals surface area contributed by atoms with Crippen LogP contribution >= 0.6 is 11.9 Å². The van der Waals surface area contributed by atoms with Crippen molar-refractivity contribution < 1.29 is 23.5 Å². The van der Waals surface area contributed by atoms with Crippen LogP contribution < -0.4 is 19.9 Å². The molecule has 0 spiro atoms. The third-order valence-corrected chi connectivity index (χ3v) is 6.71. The molecule has 4 aromatic carbocycles. The molecule has 5 rings (SSSR count). The Morgan fingerprint density at radius 1 is 0.895 bits per heavy atom. The first kappa shape index (κ1) is 25.0. The molecule has 0 bridgehead atoms. The number of ether oxygens (including phenoxy) is 2. The van der Waals surface area contributed by atoms with Gasteiger partial charge in [-0.3, -0.25) is 9.52 Å². The fourth-order valence-electron chi connectivity index (χ4n) is 4.10. The van der Waals surface area contributed by atoms with Crippen LogP contribution in [0.3, 0.4) is 0 Å². The zero-order valence-corrected chi connectivity index (χ0v) is 21.3. The number of primary amides is 1. The lowest BCUT2D eigenvalue weighted by molar-refractivity contribution is 0.101. The number of methoxy groups -OCH3 is 1. The number of carbonyl (C=O) groups excluding carboxylic acids is 2. The summed E-state index contributed by atoms with van der Waals surface area (Å²) in [5.74, 6) is 1.28. The van der Waals surface area contributed by atoms with Gasteiger partial charge in [-0.2, -0.15) is 0 Å². The number of nitrogens with one attached hydrogen (secondary N) is 1. The van der Waals surface area contributed by atoms with E-state index >= 15 is 0 Å². The van der Waals surface area contributed by atoms with E-state index in [2.05, 4.69) is 4.72 Å². The van der Waals surface area contributed by atoms with Crippen LogP contribution in [0.1, 0.15) is 21.7 Å². The van der Waals surface area contributed by atoms with E-state index in [4.69, 9.17) is 19.6 Å². The van der Waals surface area contributed by atoms with Crippen molar-refractivity contribution in [2.45, 2.75) is 11.5 Å². The van der Waals surface area contributed by atoms with Gasteiger partial charge >= 0.3 is 6.03 Å². The van der Waals surface area contributed by atoms with E-state index in [-0.39, 0.29) is 11.5 Å². The topological polar surface area (TPSA) is 104 Å². The van der Waals surface area contributed by atoms with Crippen LogP contribution in [0.5, 0.6) is 11.5 Å².